The molecular weight excluding hydrogens is 612 g/mol. The van der Waals surface area contributed by atoms with Gasteiger partial charge >= 0.3 is 0 Å². The van der Waals surface area contributed by atoms with Gasteiger partial charge in [-0.1, -0.05) is 18.2 Å². The van der Waals surface area contributed by atoms with E-state index in [1.807, 2.05) is 0 Å². The fourth-order valence-electron chi connectivity index (χ4n) is 4.81. The van der Waals surface area contributed by atoms with E-state index in [2.05, 4.69) is 25.3 Å². The van der Waals surface area contributed by atoms with Gasteiger partial charge in [0, 0.05) is 55.6 Å². The lowest BCUT2D eigenvalue weighted by Gasteiger charge is -2.15. The van der Waals surface area contributed by atoms with Crippen molar-refractivity contribution < 1.29 is 37.6 Å². The minimum absolute atomic E-state index is 0.0991. The highest BCUT2D eigenvalue weighted by Gasteiger charge is 2.18. The zero-order valence-corrected chi connectivity index (χ0v) is 25.4. The van der Waals surface area contributed by atoms with Crippen LogP contribution in [0.15, 0.2) is 79.4 Å². The molecule has 6 aromatic rings. The molecule has 3 heterocycles. The minimum Gasteiger partial charge on any atom is -0.506 e. The van der Waals surface area contributed by atoms with Crippen LogP contribution in [0.3, 0.4) is 0 Å². The van der Waals surface area contributed by atoms with Crippen LogP contribution in [0.4, 0.5) is 20.3 Å². The van der Waals surface area contributed by atoms with E-state index in [4.69, 9.17) is 23.7 Å². The van der Waals surface area contributed by atoms with E-state index in [9.17, 15) is 9.50 Å². The molecular formula is C34H29F2N5O6. The number of halogens is 2. The molecule has 0 aliphatic rings. The SMILES string of the molecule is COCCOc1cc2ncnc(Oc3ccc(Nc4nccc5ncc(-c6ccccc6F)c(O)c45)cc3F)c2cc1OCCOC. The van der Waals surface area contributed by atoms with Gasteiger partial charge in [-0.25, -0.2) is 23.7 Å². The predicted octanol–water partition coefficient (Wildman–Crippen LogP) is 6.81. The molecule has 3 aromatic heterocycles. The summed E-state index contributed by atoms with van der Waals surface area (Å²) in [4.78, 5) is 17.2. The molecule has 0 atom stereocenters. The standard InChI is InChI=1S/C34H29F2N5O6/c1-43-11-13-45-29-16-22-27(17-30(29)46-14-12-44-2)39-19-40-34(22)47-28-8-7-20(15-25(28)36)41-33-31-26(9-10-37-33)38-18-23(32(31)42)21-5-3-4-6-24(21)35/h3-10,15-19H,11-14H2,1-2H3,(H,37,41)(H,38,42). The van der Waals surface area contributed by atoms with Crippen LogP contribution in [0.2, 0.25) is 0 Å². The maximum absolute atomic E-state index is 15.5. The monoisotopic (exact) mass is 641 g/mol. The summed E-state index contributed by atoms with van der Waals surface area (Å²) in [6.45, 7) is 1.29. The number of hydrogen-bond acceptors (Lipinski definition) is 11. The van der Waals surface area contributed by atoms with E-state index >= 15 is 4.39 Å². The lowest BCUT2D eigenvalue weighted by molar-refractivity contribution is 0.132. The Labute approximate surface area is 267 Å². The minimum atomic E-state index is -0.701. The molecule has 0 bridgehead atoms. The molecule has 0 amide bonds. The van der Waals surface area contributed by atoms with Gasteiger partial charge in [0.1, 0.15) is 36.9 Å². The van der Waals surface area contributed by atoms with E-state index in [0.717, 1.165) is 0 Å². The Hall–Kier alpha value is -5.66. The number of hydrogen-bond donors (Lipinski definition) is 2. The highest BCUT2D eigenvalue weighted by atomic mass is 19.1. The molecule has 0 fully saturated rings. The van der Waals surface area contributed by atoms with Crippen LogP contribution in [0, 0.1) is 11.6 Å². The molecule has 6 rings (SSSR count). The molecule has 0 aliphatic heterocycles. The highest BCUT2D eigenvalue weighted by molar-refractivity contribution is 6.00. The molecule has 13 heteroatoms. The first-order valence-electron chi connectivity index (χ1n) is 14.4. The lowest BCUT2D eigenvalue weighted by atomic mass is 10.0. The molecule has 11 nitrogen and oxygen atoms in total. The lowest BCUT2D eigenvalue weighted by Crippen LogP contribution is -2.09. The topological polar surface area (TPSA) is 130 Å². The van der Waals surface area contributed by atoms with Gasteiger partial charge in [0.05, 0.1) is 35.0 Å². The molecule has 0 saturated heterocycles. The number of benzene rings is 3. The molecule has 3 aromatic carbocycles. The van der Waals surface area contributed by atoms with Crippen LogP contribution in [0.1, 0.15) is 0 Å². The summed E-state index contributed by atoms with van der Waals surface area (Å²) in [7, 11) is 3.14. The van der Waals surface area contributed by atoms with E-state index in [1.54, 1.807) is 56.7 Å². The van der Waals surface area contributed by atoms with Crippen molar-refractivity contribution >= 4 is 33.3 Å². The van der Waals surface area contributed by atoms with Crippen molar-refractivity contribution in [2.75, 3.05) is 46.0 Å². The van der Waals surface area contributed by atoms with Gasteiger partial charge in [0.2, 0.25) is 5.88 Å². The zero-order chi connectivity index (χ0) is 32.8. The molecule has 0 aliphatic carbocycles. The Balaban J connectivity index is 1.28. The second kappa shape index (κ2) is 14.2. The summed E-state index contributed by atoms with van der Waals surface area (Å²) in [6.07, 6.45) is 4.19. The smallest absolute Gasteiger partial charge is 0.230 e. The molecule has 0 spiro atoms. The number of anilines is 2. The number of fused-ring (bicyclic) bond motifs is 2. The summed E-state index contributed by atoms with van der Waals surface area (Å²) in [5.74, 6) is -0.383. The number of pyridine rings is 2. The Bertz CT molecular complexity index is 2050. The van der Waals surface area contributed by atoms with E-state index < -0.39 is 11.6 Å². The van der Waals surface area contributed by atoms with Crippen LogP contribution in [0.5, 0.6) is 28.9 Å². The molecule has 0 unspecified atom stereocenters. The van der Waals surface area contributed by atoms with Gasteiger partial charge < -0.3 is 34.1 Å². The van der Waals surface area contributed by atoms with Gasteiger partial charge in [-0.3, -0.25) is 4.98 Å². The van der Waals surface area contributed by atoms with Gasteiger partial charge in [-0.05, 0) is 30.3 Å². The number of ether oxygens (including phenoxy) is 5. The Morgan fingerprint density at radius 3 is 2.23 bits per heavy atom. The van der Waals surface area contributed by atoms with Crippen molar-refractivity contribution in [1.29, 1.82) is 0 Å². The highest BCUT2D eigenvalue weighted by Crippen LogP contribution is 2.40. The van der Waals surface area contributed by atoms with Crippen molar-refractivity contribution in [3.8, 4) is 40.0 Å². The average Bonchev–Trinajstić information content (AvgIpc) is 3.07. The first-order chi connectivity index (χ1) is 23.0. The fourth-order valence-corrected chi connectivity index (χ4v) is 4.81. The Morgan fingerprint density at radius 2 is 1.49 bits per heavy atom. The second-order valence-corrected chi connectivity index (χ2v) is 10.1. The third-order valence-electron chi connectivity index (χ3n) is 7.07. The van der Waals surface area contributed by atoms with Crippen molar-refractivity contribution in [3.63, 3.8) is 0 Å². The Morgan fingerprint density at radius 1 is 0.723 bits per heavy atom. The summed E-state index contributed by atoms with van der Waals surface area (Å²) in [6, 6.07) is 15.2. The van der Waals surface area contributed by atoms with Crippen LogP contribution < -0.4 is 19.5 Å². The molecule has 2 N–H and O–H groups in total. The maximum atomic E-state index is 15.5. The van der Waals surface area contributed by atoms with Gasteiger partial charge in [0.25, 0.3) is 0 Å². The summed E-state index contributed by atoms with van der Waals surface area (Å²) in [5.41, 5.74) is 1.59. The number of nitrogens with one attached hydrogen (secondary N) is 1. The first-order valence-corrected chi connectivity index (χ1v) is 14.4. The van der Waals surface area contributed by atoms with E-state index in [1.165, 1.54) is 36.9 Å². The van der Waals surface area contributed by atoms with Crippen LogP contribution >= 0.6 is 0 Å². The summed E-state index contributed by atoms with van der Waals surface area (Å²) in [5, 5.41) is 14.9. The number of methoxy groups -OCH3 is 2. The average molecular weight is 642 g/mol. The molecule has 240 valence electrons. The normalized spacial score (nSPS) is 11.1. The number of aromatic nitrogens is 4. The number of rotatable bonds is 13. The van der Waals surface area contributed by atoms with E-state index in [-0.39, 0.29) is 46.3 Å². The third kappa shape index (κ3) is 6.81. The first kappa shape index (κ1) is 31.3. The second-order valence-electron chi connectivity index (χ2n) is 10.1. The summed E-state index contributed by atoms with van der Waals surface area (Å²) >= 11 is 0. The van der Waals surface area contributed by atoms with Crippen molar-refractivity contribution in [1.82, 2.24) is 19.9 Å². The summed E-state index contributed by atoms with van der Waals surface area (Å²) < 4.78 is 57.8. The van der Waals surface area contributed by atoms with Gasteiger partial charge in [0.15, 0.2) is 23.1 Å². The molecule has 0 saturated carbocycles. The third-order valence-corrected chi connectivity index (χ3v) is 7.07. The largest absolute Gasteiger partial charge is 0.506 e. The quantitative estimate of drug-likeness (QED) is 0.129. The van der Waals surface area contributed by atoms with Crippen molar-refractivity contribution in [2.45, 2.75) is 0 Å². The number of aromatic hydroxyl groups is 1. The molecule has 47 heavy (non-hydrogen) atoms. The maximum Gasteiger partial charge on any atom is 0.230 e. The zero-order valence-electron chi connectivity index (χ0n) is 25.4. The predicted molar refractivity (Wildman–Crippen MR) is 171 cm³/mol. The number of nitrogens with zero attached hydrogens (tertiary/aromatic N) is 4. The van der Waals surface area contributed by atoms with Crippen molar-refractivity contribution in [3.05, 3.63) is 91.0 Å². The Kier molecular flexibility index (Phi) is 9.46. The van der Waals surface area contributed by atoms with Crippen molar-refractivity contribution in [2.24, 2.45) is 0 Å². The van der Waals surface area contributed by atoms with Crippen LogP contribution in [-0.4, -0.2) is 65.7 Å². The van der Waals surface area contributed by atoms with Crippen LogP contribution in [0.25, 0.3) is 32.9 Å². The van der Waals surface area contributed by atoms with Gasteiger partial charge in [-0.15, -0.1) is 0 Å². The van der Waals surface area contributed by atoms with Gasteiger partial charge in [-0.2, -0.15) is 0 Å². The van der Waals surface area contributed by atoms with Crippen LogP contribution in [-0.2, 0) is 9.47 Å². The molecule has 0 radical (unpaired) electrons. The van der Waals surface area contributed by atoms with E-state index in [0.29, 0.717) is 53.4 Å². The fraction of sp³-hybridized carbons (Fsp3) is 0.176.